The molecule has 328 valence electrons. The maximum absolute atomic E-state index is 12.7. The lowest BCUT2D eigenvalue weighted by atomic mass is 10.0. The number of ether oxygens (including phenoxy) is 2. The highest BCUT2D eigenvalue weighted by molar-refractivity contribution is 7.45. The second kappa shape index (κ2) is 38.7. The van der Waals surface area contributed by atoms with Crippen molar-refractivity contribution in [3.63, 3.8) is 0 Å². The summed E-state index contributed by atoms with van der Waals surface area (Å²) < 4.78 is 33.9. The van der Waals surface area contributed by atoms with Crippen LogP contribution in [0.4, 0.5) is 0 Å². The van der Waals surface area contributed by atoms with Gasteiger partial charge in [-0.3, -0.25) is 14.2 Å². The summed E-state index contributed by atoms with van der Waals surface area (Å²) in [6.07, 6.45) is 43.2. The van der Waals surface area contributed by atoms with Gasteiger partial charge in [0.15, 0.2) is 6.10 Å². The molecule has 0 aromatic rings. The van der Waals surface area contributed by atoms with E-state index in [2.05, 4.69) is 50.3 Å². The van der Waals surface area contributed by atoms with Crippen molar-refractivity contribution in [3.8, 4) is 0 Å². The van der Waals surface area contributed by atoms with Crippen LogP contribution in [0.3, 0.4) is 0 Å². The molecule has 10 heteroatoms. The lowest BCUT2D eigenvalue weighted by Gasteiger charge is -2.28. The van der Waals surface area contributed by atoms with E-state index >= 15 is 0 Å². The zero-order chi connectivity index (χ0) is 41.4. The molecule has 0 radical (unpaired) electrons. The third kappa shape index (κ3) is 41.9. The highest BCUT2D eigenvalue weighted by atomic mass is 31.2. The molecule has 2 atom stereocenters. The second-order valence-corrected chi connectivity index (χ2v) is 17.8. The standard InChI is InChI=1S/C46H86NO8P/c1-6-8-10-12-14-16-18-20-22-23-25-27-29-31-33-35-37-39-46(49)55-44(43-54-56(50,51)53-41-40-47(3,4)5)42-52-45(48)38-36-34-32-30-28-26-24-21-19-17-15-13-11-9-7-2/h14,16,25,27,31,33,44H,6-13,15,17-24,26,28-30,32,34-43H2,1-5H3/b16-14-,27-25-,33-31-/t44-/m1/s1. The van der Waals surface area contributed by atoms with Crippen LogP contribution in [0.25, 0.3) is 0 Å². The van der Waals surface area contributed by atoms with Crippen LogP contribution in [0.5, 0.6) is 0 Å². The summed E-state index contributed by atoms with van der Waals surface area (Å²) in [5, 5.41) is 0. The van der Waals surface area contributed by atoms with Crippen molar-refractivity contribution in [2.45, 2.75) is 200 Å². The van der Waals surface area contributed by atoms with Crippen LogP contribution in [-0.2, 0) is 32.7 Å². The Morgan fingerprint density at radius 1 is 0.554 bits per heavy atom. The number of phosphoric ester groups is 1. The van der Waals surface area contributed by atoms with Crippen molar-refractivity contribution < 1.29 is 42.1 Å². The van der Waals surface area contributed by atoms with Crippen LogP contribution in [0.15, 0.2) is 36.5 Å². The molecule has 0 aliphatic rings. The molecule has 0 heterocycles. The zero-order valence-electron chi connectivity index (χ0n) is 36.8. The van der Waals surface area contributed by atoms with Crippen LogP contribution in [0.2, 0.25) is 0 Å². The molecule has 56 heavy (non-hydrogen) atoms. The fourth-order valence-corrected chi connectivity index (χ4v) is 6.77. The zero-order valence-corrected chi connectivity index (χ0v) is 37.7. The fourth-order valence-electron chi connectivity index (χ4n) is 6.04. The Bertz CT molecular complexity index is 1050. The van der Waals surface area contributed by atoms with Crippen molar-refractivity contribution in [2.24, 2.45) is 0 Å². The molecule has 0 spiro atoms. The molecule has 0 saturated carbocycles. The Morgan fingerprint density at radius 3 is 1.50 bits per heavy atom. The fraction of sp³-hybridized carbons (Fsp3) is 0.826. The number of unbranched alkanes of at least 4 members (excludes halogenated alkanes) is 21. The summed E-state index contributed by atoms with van der Waals surface area (Å²) in [6.45, 7) is 4.16. The summed E-state index contributed by atoms with van der Waals surface area (Å²) in [5.41, 5.74) is 0. The highest BCUT2D eigenvalue weighted by Crippen LogP contribution is 2.38. The van der Waals surface area contributed by atoms with E-state index in [1.54, 1.807) is 0 Å². The molecule has 0 amide bonds. The topological polar surface area (TPSA) is 111 Å². The Balaban J connectivity index is 4.40. The summed E-state index contributed by atoms with van der Waals surface area (Å²) in [7, 11) is 1.14. The van der Waals surface area contributed by atoms with E-state index in [0.717, 1.165) is 44.9 Å². The number of hydrogen-bond acceptors (Lipinski definition) is 8. The molecule has 0 saturated heterocycles. The predicted molar refractivity (Wildman–Crippen MR) is 231 cm³/mol. The Hall–Kier alpha value is -1.77. The number of likely N-dealkylation sites (N-methyl/N-ethyl adjacent to an activating group) is 1. The van der Waals surface area contributed by atoms with Gasteiger partial charge in [-0.1, -0.05) is 153 Å². The minimum Gasteiger partial charge on any atom is -0.756 e. The average Bonchev–Trinajstić information content (AvgIpc) is 3.15. The highest BCUT2D eigenvalue weighted by Gasteiger charge is 2.21. The van der Waals surface area contributed by atoms with Gasteiger partial charge in [0.25, 0.3) is 7.82 Å². The number of phosphoric acid groups is 1. The van der Waals surface area contributed by atoms with Crippen molar-refractivity contribution >= 4 is 19.8 Å². The van der Waals surface area contributed by atoms with Crippen LogP contribution in [-0.4, -0.2) is 70.0 Å². The van der Waals surface area contributed by atoms with Gasteiger partial charge < -0.3 is 27.9 Å². The number of nitrogens with zero attached hydrogens (tertiary/aromatic N) is 1. The third-order valence-corrected chi connectivity index (χ3v) is 10.6. The lowest BCUT2D eigenvalue weighted by Crippen LogP contribution is -2.37. The van der Waals surface area contributed by atoms with E-state index in [1.165, 1.54) is 116 Å². The first-order valence-electron chi connectivity index (χ1n) is 22.7. The Morgan fingerprint density at radius 2 is 0.982 bits per heavy atom. The third-order valence-electron chi connectivity index (χ3n) is 9.63. The van der Waals surface area contributed by atoms with E-state index in [-0.39, 0.29) is 26.1 Å². The van der Waals surface area contributed by atoms with Crippen molar-refractivity contribution in [1.29, 1.82) is 0 Å². The lowest BCUT2D eigenvalue weighted by molar-refractivity contribution is -0.870. The number of carbonyl (C=O) groups is 2. The van der Waals surface area contributed by atoms with Crippen molar-refractivity contribution in [3.05, 3.63) is 36.5 Å². The predicted octanol–water partition coefficient (Wildman–Crippen LogP) is 12.3. The van der Waals surface area contributed by atoms with Gasteiger partial charge in [0.1, 0.15) is 19.8 Å². The first-order valence-corrected chi connectivity index (χ1v) is 24.2. The molecule has 0 aliphatic heterocycles. The van der Waals surface area contributed by atoms with Gasteiger partial charge in [0, 0.05) is 12.8 Å². The molecule has 0 rings (SSSR count). The minimum absolute atomic E-state index is 0.0383. The monoisotopic (exact) mass is 812 g/mol. The number of carbonyl (C=O) groups excluding carboxylic acids is 2. The Kier molecular flexibility index (Phi) is 37.5. The van der Waals surface area contributed by atoms with E-state index < -0.39 is 32.5 Å². The maximum Gasteiger partial charge on any atom is 0.306 e. The molecule has 9 nitrogen and oxygen atoms in total. The first kappa shape index (κ1) is 54.2. The summed E-state index contributed by atoms with van der Waals surface area (Å²) in [6, 6.07) is 0. The summed E-state index contributed by atoms with van der Waals surface area (Å²) in [5.74, 6) is -0.886. The van der Waals surface area contributed by atoms with E-state index in [1.807, 2.05) is 21.1 Å². The van der Waals surface area contributed by atoms with Gasteiger partial charge in [0.2, 0.25) is 0 Å². The summed E-state index contributed by atoms with van der Waals surface area (Å²) >= 11 is 0. The van der Waals surface area contributed by atoms with Crippen LogP contribution in [0, 0.1) is 0 Å². The number of esters is 2. The van der Waals surface area contributed by atoms with Gasteiger partial charge in [-0.05, 0) is 64.2 Å². The molecular formula is C46H86NO8P. The van der Waals surface area contributed by atoms with Crippen LogP contribution >= 0.6 is 7.82 Å². The van der Waals surface area contributed by atoms with E-state index in [0.29, 0.717) is 17.4 Å². The SMILES string of the molecule is CCCCC/C=C\CCCC/C=C\C/C=C\CCCC(=O)O[C@H](COC(=O)CCCCCCCCCCCCCCCCC)COP(=O)([O-])OCC[N+](C)(C)C. The number of hydrogen-bond donors (Lipinski definition) is 0. The van der Waals surface area contributed by atoms with Gasteiger partial charge in [-0.15, -0.1) is 0 Å². The Labute approximate surface area is 344 Å². The van der Waals surface area contributed by atoms with Crippen molar-refractivity contribution in [1.82, 2.24) is 0 Å². The number of allylic oxidation sites excluding steroid dienone is 6. The van der Waals surface area contributed by atoms with Crippen LogP contribution < -0.4 is 4.89 Å². The minimum atomic E-state index is -4.63. The van der Waals surface area contributed by atoms with Gasteiger partial charge >= 0.3 is 11.9 Å². The molecular weight excluding hydrogens is 725 g/mol. The van der Waals surface area contributed by atoms with Crippen molar-refractivity contribution in [2.75, 3.05) is 47.5 Å². The largest absolute Gasteiger partial charge is 0.756 e. The molecule has 0 aliphatic carbocycles. The molecule has 0 aromatic heterocycles. The van der Waals surface area contributed by atoms with E-state index in [9.17, 15) is 19.0 Å². The van der Waals surface area contributed by atoms with Gasteiger partial charge in [-0.2, -0.15) is 0 Å². The molecule has 0 fully saturated rings. The molecule has 1 unspecified atom stereocenters. The quantitative estimate of drug-likeness (QED) is 0.0197. The smallest absolute Gasteiger partial charge is 0.306 e. The molecule has 0 N–H and O–H groups in total. The normalized spacial score (nSPS) is 13.9. The maximum atomic E-state index is 12.7. The van der Waals surface area contributed by atoms with Gasteiger partial charge in [0.05, 0.1) is 27.7 Å². The number of quaternary nitrogens is 1. The summed E-state index contributed by atoms with van der Waals surface area (Å²) in [4.78, 5) is 37.5. The number of rotatable bonds is 41. The van der Waals surface area contributed by atoms with Crippen LogP contribution in [0.1, 0.15) is 194 Å². The van der Waals surface area contributed by atoms with E-state index in [4.69, 9.17) is 18.5 Å². The first-order chi connectivity index (χ1) is 27.0. The second-order valence-electron chi connectivity index (χ2n) is 16.4. The molecule has 0 bridgehead atoms. The van der Waals surface area contributed by atoms with Gasteiger partial charge in [-0.25, -0.2) is 0 Å². The average molecular weight is 812 g/mol. The molecule has 0 aromatic carbocycles.